The van der Waals surface area contributed by atoms with Crippen molar-refractivity contribution in [2.24, 2.45) is 0 Å². The maximum atomic E-state index is 0. The van der Waals surface area contributed by atoms with Crippen LogP contribution in [0.25, 0.3) is 0 Å². The molecule has 0 saturated carbocycles. The Balaban J connectivity index is 0. The molecule has 0 aliphatic carbocycles. The van der Waals surface area contributed by atoms with Crippen molar-refractivity contribution in [3.8, 4) is 0 Å². The number of hydrogen-bond acceptors (Lipinski definition) is 0. The minimum Gasteiger partial charge on any atom is -1.00 e. The quantitative estimate of drug-likeness (QED) is 0.390. The zero-order valence-electron chi connectivity index (χ0n) is 2.20. The van der Waals surface area contributed by atoms with Gasteiger partial charge in [0, 0.05) is 0 Å². The van der Waals surface area contributed by atoms with Gasteiger partial charge < -0.3 is 9.41 Å². The van der Waals surface area contributed by atoms with Crippen molar-refractivity contribution in [3.05, 3.63) is 0 Å². The Morgan fingerprint density at radius 2 is 0.750 bits per heavy atom. The first-order chi connectivity index (χ1) is 0. The summed E-state index contributed by atoms with van der Waals surface area (Å²) in [4.78, 5) is 0. The third-order valence-electron chi connectivity index (χ3n) is 0. The molecule has 0 unspecified atom stereocenters. The second-order valence-corrected chi connectivity index (χ2v) is 0. The van der Waals surface area contributed by atoms with Gasteiger partial charge in [0.1, 0.15) is 0 Å². The van der Waals surface area contributed by atoms with Crippen LogP contribution in [0.1, 0.15) is 0 Å². The molecule has 0 aliphatic heterocycles. The number of rotatable bonds is 0. The molecule has 0 atom stereocenters. The zero-order chi connectivity index (χ0) is 0. The van der Waals surface area contributed by atoms with Crippen LogP contribution in [0.2, 0.25) is 0 Å². The van der Waals surface area contributed by atoms with Crippen LogP contribution < -0.4 is 102 Å². The first-order valence-electron chi connectivity index (χ1n) is 0. The summed E-state index contributed by atoms with van der Waals surface area (Å²) in [7, 11) is 0. The third-order valence-corrected chi connectivity index (χ3v) is 0. The van der Waals surface area contributed by atoms with Gasteiger partial charge in [0.15, 0.2) is 0 Å². The maximum Gasteiger partial charge on any atom is 1.00 e. The van der Waals surface area contributed by atoms with Crippen LogP contribution in [0.5, 0.6) is 0 Å². The Morgan fingerprint density at radius 3 is 0.750 bits per heavy atom. The number of hydrogen-bond donors (Lipinski definition) is 0. The first-order valence-corrected chi connectivity index (χ1v) is 0. The average molecular weight is 300 g/mol. The van der Waals surface area contributed by atoms with Crippen LogP contribution in [0.15, 0.2) is 0 Å². The Bertz CT molecular complexity index is 6.00. The van der Waals surface area contributed by atoms with Crippen molar-refractivity contribution >= 4 is 0 Å². The van der Waals surface area contributed by atoms with E-state index in [2.05, 4.69) is 0 Å². The van der Waals surface area contributed by atoms with E-state index in [1.54, 1.807) is 0 Å². The Kier molecular flexibility index (Phi) is 132. The fourth-order valence-electron chi connectivity index (χ4n) is 0. The molecule has 0 bridgehead atoms. The van der Waals surface area contributed by atoms with E-state index in [0.29, 0.717) is 0 Å². The van der Waals surface area contributed by atoms with Crippen molar-refractivity contribution in [1.82, 2.24) is 0 Å². The zero-order valence-corrected chi connectivity index (χ0v) is 11.0. The molecule has 0 radical (unpaired) electrons. The summed E-state index contributed by atoms with van der Waals surface area (Å²) in [6.45, 7) is 0. The van der Waals surface area contributed by atoms with Crippen LogP contribution in [0.3, 0.4) is 0 Å². The van der Waals surface area contributed by atoms with Gasteiger partial charge in [-0.15, -0.1) is 0 Å². The predicted molar refractivity (Wildman–Crippen MR) is 2.79 cm³/mol. The van der Waals surface area contributed by atoms with Gasteiger partial charge in [0.05, 0.1) is 0 Å². The molecule has 0 aromatic carbocycles. The second kappa shape index (κ2) is 17.4. The van der Waals surface area contributed by atoms with Gasteiger partial charge >= 0.3 is 68.9 Å². The standard InChI is InChI=1S/Cs.2FH.H2I/h;2*1H;1H2/q+1;;;+1/p-2. The van der Waals surface area contributed by atoms with Crippen LogP contribution in [-0.2, 0) is 0 Å². The van der Waals surface area contributed by atoms with E-state index in [1.165, 1.54) is 0 Å². The smallest absolute Gasteiger partial charge is 1.00 e. The van der Waals surface area contributed by atoms with Gasteiger partial charge in [-0.1, -0.05) is 0 Å². The van der Waals surface area contributed by atoms with Crippen molar-refractivity contribution in [1.29, 1.82) is 0 Å². The van der Waals surface area contributed by atoms with E-state index >= 15 is 0 Å². The normalized spacial score (nSPS) is 0. The Morgan fingerprint density at radius 1 is 0.750 bits per heavy atom. The van der Waals surface area contributed by atoms with E-state index < -0.39 is 0 Å². The first kappa shape index (κ1) is 30.3. The van der Waals surface area contributed by atoms with Gasteiger partial charge in [-0.2, -0.15) is 0 Å². The van der Waals surface area contributed by atoms with Crippen LogP contribution >= 0.6 is 0 Å². The molecule has 0 amide bonds. The SMILES string of the molecule is [Cs+].[F-].[F-].[IH2+]. The minimum absolute atomic E-state index is 0. The van der Waals surface area contributed by atoms with E-state index in [1.807, 2.05) is 0 Å². The van der Waals surface area contributed by atoms with Crippen LogP contribution in [0.4, 0.5) is 0 Å². The van der Waals surface area contributed by atoms with Gasteiger partial charge in [-0.25, -0.2) is 0 Å². The van der Waals surface area contributed by atoms with E-state index in [0.717, 1.165) is 0 Å². The largest absolute Gasteiger partial charge is 1.00 e. The molecule has 0 aliphatic rings. The topological polar surface area (TPSA) is 0 Å². The molecule has 4 heteroatoms. The summed E-state index contributed by atoms with van der Waals surface area (Å²) < 4.78 is 0. The molecule has 4 heavy (non-hydrogen) atoms. The molecule has 0 rings (SSSR count). The second-order valence-electron chi connectivity index (χ2n) is 0. The van der Waals surface area contributed by atoms with Crippen LogP contribution in [0, 0.1) is 0 Å². The monoisotopic (exact) mass is 300 g/mol. The molecule has 0 nitrogen and oxygen atoms in total. The Labute approximate surface area is 99.3 Å². The summed E-state index contributed by atoms with van der Waals surface area (Å²) in [6, 6.07) is 0. The van der Waals surface area contributed by atoms with E-state index in [9.17, 15) is 0 Å². The third kappa shape index (κ3) is 8.82. The molecule has 0 N–H and O–H groups in total. The van der Waals surface area contributed by atoms with E-state index in [-0.39, 0.29) is 102 Å². The fraction of sp³-hybridized carbons (Fsp3) is 0. The Hall–Kier alpha value is 2.64. The van der Waals surface area contributed by atoms with Gasteiger partial charge in [-0.05, 0) is 0 Å². The molecule has 0 aromatic heterocycles. The summed E-state index contributed by atoms with van der Waals surface area (Å²) in [5.41, 5.74) is 0. The van der Waals surface area contributed by atoms with Crippen molar-refractivity contribution in [3.63, 3.8) is 0 Å². The van der Waals surface area contributed by atoms with Gasteiger partial charge in [-0.3, -0.25) is 0 Å². The average Bonchev–Trinajstić information content (AvgIpc) is 0. The summed E-state index contributed by atoms with van der Waals surface area (Å²) >= 11 is 0. The van der Waals surface area contributed by atoms with Gasteiger partial charge in [0.2, 0.25) is 24.0 Å². The molecule has 0 fully saturated rings. The van der Waals surface area contributed by atoms with Crippen molar-refractivity contribution in [2.75, 3.05) is 0 Å². The molecular weight excluding hydrogens is 298 g/mol. The number of halogens is 3. The van der Waals surface area contributed by atoms with Crippen LogP contribution in [-0.4, -0.2) is 0 Å². The summed E-state index contributed by atoms with van der Waals surface area (Å²) in [5.74, 6) is 0. The summed E-state index contributed by atoms with van der Waals surface area (Å²) in [6.07, 6.45) is 0. The maximum absolute atomic E-state index is 0. The molecule has 0 saturated heterocycles. The molecular formula is H2CsF2I. The predicted octanol–water partition coefficient (Wildman–Crippen LogP) is -12.5. The van der Waals surface area contributed by atoms with Crippen molar-refractivity contribution < 1.29 is 102 Å². The molecule has 24 valence electrons. The molecule has 0 aromatic rings. The molecule has 0 heterocycles. The minimum atomic E-state index is 0. The fourth-order valence-corrected chi connectivity index (χ4v) is 0. The van der Waals surface area contributed by atoms with Crippen molar-refractivity contribution in [2.45, 2.75) is 0 Å². The van der Waals surface area contributed by atoms with Gasteiger partial charge in [0.25, 0.3) is 0 Å². The molecule has 0 spiro atoms. The van der Waals surface area contributed by atoms with E-state index in [4.69, 9.17) is 0 Å². The summed E-state index contributed by atoms with van der Waals surface area (Å²) in [5, 5.41) is 0.